The Morgan fingerprint density at radius 1 is 1.32 bits per heavy atom. The molecule has 2 aromatic rings. The van der Waals surface area contributed by atoms with Crippen molar-refractivity contribution in [3.63, 3.8) is 0 Å². The van der Waals surface area contributed by atoms with Crippen LogP contribution in [-0.4, -0.2) is 32.3 Å². The molecule has 0 fully saturated rings. The molecule has 0 radical (unpaired) electrons. The topological polar surface area (TPSA) is 46.9 Å². The van der Waals surface area contributed by atoms with E-state index in [0.29, 0.717) is 0 Å². The second-order valence-electron chi connectivity index (χ2n) is 4.44. The second-order valence-corrected chi connectivity index (χ2v) is 6.00. The molecule has 0 aliphatic carbocycles. The van der Waals surface area contributed by atoms with E-state index in [9.17, 15) is 4.21 Å². The predicted octanol–water partition coefficient (Wildman–Crippen LogP) is 1.73. The van der Waals surface area contributed by atoms with Crippen LogP contribution in [-0.2, 0) is 17.3 Å². The van der Waals surface area contributed by atoms with Gasteiger partial charge in [-0.1, -0.05) is 12.1 Å². The Hall–Kier alpha value is -1.46. The third-order valence-corrected chi connectivity index (χ3v) is 3.72. The van der Waals surface area contributed by atoms with Crippen molar-refractivity contribution in [3.05, 3.63) is 48.5 Å². The molecule has 0 aliphatic rings. The molecule has 1 aromatic heterocycles. The number of benzene rings is 1. The van der Waals surface area contributed by atoms with Gasteiger partial charge in [0.15, 0.2) is 0 Å². The van der Waals surface area contributed by atoms with Gasteiger partial charge < -0.3 is 9.88 Å². The van der Waals surface area contributed by atoms with Crippen LogP contribution in [0.15, 0.2) is 43.0 Å². The molecule has 4 nitrogen and oxygen atoms in total. The zero-order valence-corrected chi connectivity index (χ0v) is 11.9. The molecular formula is C14H19N3OS. The van der Waals surface area contributed by atoms with E-state index in [2.05, 4.69) is 34.6 Å². The van der Waals surface area contributed by atoms with Crippen molar-refractivity contribution >= 4 is 10.8 Å². The highest BCUT2D eigenvalue weighted by Crippen LogP contribution is 2.08. The van der Waals surface area contributed by atoms with Crippen LogP contribution in [0.3, 0.4) is 0 Å². The van der Waals surface area contributed by atoms with E-state index in [1.54, 1.807) is 18.8 Å². The Morgan fingerprint density at radius 3 is 2.74 bits per heavy atom. The molecular weight excluding hydrogens is 258 g/mol. The van der Waals surface area contributed by atoms with Gasteiger partial charge in [-0.15, -0.1) is 0 Å². The number of aromatic nitrogens is 2. The lowest BCUT2D eigenvalue weighted by molar-refractivity contribution is 0.662. The number of hydrogen-bond acceptors (Lipinski definition) is 3. The zero-order chi connectivity index (χ0) is 13.5. The summed E-state index contributed by atoms with van der Waals surface area (Å²) < 4.78 is 12.9. The quantitative estimate of drug-likeness (QED) is 0.784. The summed E-state index contributed by atoms with van der Waals surface area (Å²) in [5, 5.41) is 3.36. The fourth-order valence-corrected chi connectivity index (χ4v) is 2.38. The lowest BCUT2D eigenvalue weighted by atomic mass is 10.2. The first-order valence-corrected chi connectivity index (χ1v) is 8.06. The standard InChI is InChI=1S/C14H19N3OS/c1-19(18)10-2-7-15-11-13-3-5-14(6-4-13)17-9-8-16-12-17/h3-6,8-9,12,15H,2,7,10-11H2,1H3. The number of hydrogen-bond donors (Lipinski definition) is 1. The molecule has 0 saturated heterocycles. The van der Waals surface area contributed by atoms with Crippen LogP contribution in [0.2, 0.25) is 0 Å². The number of rotatable bonds is 7. The molecule has 1 N–H and O–H groups in total. The van der Waals surface area contributed by atoms with Crippen molar-refractivity contribution in [2.45, 2.75) is 13.0 Å². The van der Waals surface area contributed by atoms with Gasteiger partial charge in [0.05, 0.1) is 6.33 Å². The highest BCUT2D eigenvalue weighted by Gasteiger charge is 1.97. The Morgan fingerprint density at radius 2 is 2.11 bits per heavy atom. The molecule has 102 valence electrons. The minimum Gasteiger partial charge on any atom is -0.313 e. The SMILES string of the molecule is CS(=O)CCCNCc1ccc(-n2ccnc2)cc1. The van der Waals surface area contributed by atoms with Crippen LogP contribution in [0.1, 0.15) is 12.0 Å². The maximum absolute atomic E-state index is 10.9. The highest BCUT2D eigenvalue weighted by atomic mass is 32.2. The van der Waals surface area contributed by atoms with Gasteiger partial charge >= 0.3 is 0 Å². The highest BCUT2D eigenvalue weighted by molar-refractivity contribution is 7.84. The summed E-state index contributed by atoms with van der Waals surface area (Å²) in [5.74, 6) is 0.770. The largest absolute Gasteiger partial charge is 0.313 e. The summed E-state index contributed by atoms with van der Waals surface area (Å²) in [7, 11) is -0.683. The van der Waals surface area contributed by atoms with Gasteiger partial charge in [-0.25, -0.2) is 4.98 Å². The molecule has 1 atom stereocenters. The van der Waals surface area contributed by atoms with Crippen LogP contribution >= 0.6 is 0 Å². The van der Waals surface area contributed by atoms with E-state index in [1.165, 1.54) is 5.56 Å². The minimum atomic E-state index is -0.683. The average Bonchev–Trinajstić information content (AvgIpc) is 2.93. The molecule has 0 aliphatic heterocycles. The molecule has 5 heteroatoms. The van der Waals surface area contributed by atoms with Gasteiger partial charge in [-0.3, -0.25) is 4.21 Å². The third kappa shape index (κ3) is 4.61. The van der Waals surface area contributed by atoms with E-state index in [-0.39, 0.29) is 0 Å². The van der Waals surface area contributed by atoms with Gasteiger partial charge in [0.25, 0.3) is 0 Å². The second kappa shape index (κ2) is 7.21. The first-order chi connectivity index (χ1) is 9.25. The van der Waals surface area contributed by atoms with Crippen molar-refractivity contribution in [2.75, 3.05) is 18.6 Å². The summed E-state index contributed by atoms with van der Waals surface area (Å²) >= 11 is 0. The molecule has 0 amide bonds. The zero-order valence-electron chi connectivity index (χ0n) is 11.1. The van der Waals surface area contributed by atoms with Crippen molar-refractivity contribution in [2.24, 2.45) is 0 Å². The number of nitrogens with zero attached hydrogens (tertiary/aromatic N) is 2. The van der Waals surface area contributed by atoms with Crippen LogP contribution in [0.5, 0.6) is 0 Å². The van der Waals surface area contributed by atoms with Gasteiger partial charge in [0.1, 0.15) is 0 Å². The molecule has 1 heterocycles. The van der Waals surface area contributed by atoms with Crippen LogP contribution in [0, 0.1) is 0 Å². The lowest BCUT2D eigenvalue weighted by Crippen LogP contribution is -2.16. The molecule has 1 aromatic carbocycles. The summed E-state index contributed by atoms with van der Waals surface area (Å²) in [6, 6.07) is 8.39. The van der Waals surface area contributed by atoms with Crippen LogP contribution < -0.4 is 5.32 Å². The Labute approximate surface area is 116 Å². The molecule has 19 heavy (non-hydrogen) atoms. The van der Waals surface area contributed by atoms with Crippen molar-refractivity contribution < 1.29 is 4.21 Å². The van der Waals surface area contributed by atoms with Crippen LogP contribution in [0.25, 0.3) is 5.69 Å². The molecule has 2 rings (SSSR count). The van der Waals surface area contributed by atoms with Gasteiger partial charge in [-0.05, 0) is 30.7 Å². The maximum atomic E-state index is 10.9. The van der Waals surface area contributed by atoms with E-state index in [4.69, 9.17) is 0 Å². The molecule has 0 bridgehead atoms. The van der Waals surface area contributed by atoms with E-state index < -0.39 is 10.8 Å². The van der Waals surface area contributed by atoms with E-state index in [1.807, 2.05) is 10.8 Å². The van der Waals surface area contributed by atoms with E-state index >= 15 is 0 Å². The Kier molecular flexibility index (Phi) is 5.30. The van der Waals surface area contributed by atoms with Crippen molar-refractivity contribution in [1.29, 1.82) is 0 Å². The summed E-state index contributed by atoms with van der Waals surface area (Å²) in [4.78, 5) is 4.03. The minimum absolute atomic E-state index is 0.683. The summed E-state index contributed by atoms with van der Waals surface area (Å²) in [5.41, 5.74) is 2.36. The lowest BCUT2D eigenvalue weighted by Gasteiger charge is -2.06. The molecule has 1 unspecified atom stereocenters. The smallest absolute Gasteiger partial charge is 0.0991 e. The summed E-state index contributed by atoms with van der Waals surface area (Å²) in [6.07, 6.45) is 8.19. The van der Waals surface area contributed by atoms with Gasteiger partial charge in [-0.2, -0.15) is 0 Å². The number of imidazole rings is 1. The fraction of sp³-hybridized carbons (Fsp3) is 0.357. The normalized spacial score (nSPS) is 12.5. The predicted molar refractivity (Wildman–Crippen MR) is 78.8 cm³/mol. The first-order valence-electron chi connectivity index (χ1n) is 6.34. The monoisotopic (exact) mass is 277 g/mol. The molecule has 0 saturated carbocycles. The fourth-order valence-electron chi connectivity index (χ4n) is 1.83. The Bertz CT molecular complexity index is 508. The Balaban J connectivity index is 1.78. The number of nitrogens with one attached hydrogen (secondary N) is 1. The summed E-state index contributed by atoms with van der Waals surface area (Å²) in [6.45, 7) is 1.75. The van der Waals surface area contributed by atoms with Gasteiger partial charge in [0, 0.05) is 47.4 Å². The van der Waals surface area contributed by atoms with Crippen molar-refractivity contribution in [3.8, 4) is 5.69 Å². The molecule has 0 spiro atoms. The van der Waals surface area contributed by atoms with Crippen LogP contribution in [0.4, 0.5) is 0 Å². The average molecular weight is 277 g/mol. The van der Waals surface area contributed by atoms with Crippen molar-refractivity contribution in [1.82, 2.24) is 14.9 Å². The van der Waals surface area contributed by atoms with Gasteiger partial charge in [0.2, 0.25) is 0 Å². The van der Waals surface area contributed by atoms with E-state index in [0.717, 1.165) is 31.0 Å². The third-order valence-electron chi connectivity index (χ3n) is 2.85. The first kappa shape index (κ1) is 14.0. The maximum Gasteiger partial charge on any atom is 0.0991 e.